The van der Waals surface area contributed by atoms with Gasteiger partial charge in [-0.05, 0) is 68.5 Å². The zero-order valence-electron chi connectivity index (χ0n) is 17.2. The molecule has 10 heteroatoms. The van der Waals surface area contributed by atoms with Crippen molar-refractivity contribution in [2.24, 2.45) is 0 Å². The molecule has 7 rings (SSSR count). The minimum Gasteiger partial charge on any atom is -0.454 e. The van der Waals surface area contributed by atoms with Crippen LogP contribution in [0, 0.1) is 0 Å². The van der Waals surface area contributed by atoms with E-state index in [1.54, 1.807) is 24.3 Å². The average molecular weight is 474 g/mol. The van der Waals surface area contributed by atoms with Crippen molar-refractivity contribution in [2.45, 2.75) is 47.8 Å². The molecule has 166 valence electrons. The molecule has 1 aromatic carbocycles. The number of hydrogen-bond acceptors (Lipinski definition) is 7. The van der Waals surface area contributed by atoms with Crippen molar-refractivity contribution >= 4 is 27.3 Å². The number of hydrogen-bond donors (Lipinski definition) is 1. The molecule has 0 unspecified atom stereocenters. The number of nitrogens with zero attached hydrogens (tertiary/aromatic N) is 2. The van der Waals surface area contributed by atoms with E-state index in [2.05, 4.69) is 15.5 Å². The zero-order chi connectivity index (χ0) is 22.4. The van der Waals surface area contributed by atoms with Crippen LogP contribution < -0.4 is 5.32 Å². The lowest BCUT2D eigenvalue weighted by Gasteiger charge is -2.68. The molecule has 32 heavy (non-hydrogen) atoms. The van der Waals surface area contributed by atoms with Gasteiger partial charge in [0.2, 0.25) is 11.7 Å². The van der Waals surface area contributed by atoms with Gasteiger partial charge in [-0.3, -0.25) is 4.79 Å². The van der Waals surface area contributed by atoms with Gasteiger partial charge in [0.05, 0.1) is 5.41 Å². The number of aromatic nitrogens is 2. The maximum atomic E-state index is 12.7. The second-order valence-corrected chi connectivity index (χ2v) is 12.2. The van der Waals surface area contributed by atoms with Crippen LogP contribution in [0.25, 0.3) is 11.4 Å². The Bertz CT molecular complexity index is 1330. The Hall–Kier alpha value is -2.65. The molecule has 1 N–H and O–H groups in total. The van der Waals surface area contributed by atoms with E-state index in [9.17, 15) is 13.2 Å². The Labute approximate surface area is 189 Å². The summed E-state index contributed by atoms with van der Waals surface area (Å²) < 4.78 is 34.4. The second kappa shape index (κ2) is 6.23. The number of carbonyl (C=O) groups is 1. The van der Waals surface area contributed by atoms with E-state index < -0.39 is 14.6 Å². The lowest BCUT2D eigenvalue weighted by atomic mass is 9.39. The molecule has 3 aromatic rings. The van der Waals surface area contributed by atoms with E-state index in [1.165, 1.54) is 6.26 Å². The Balaban J connectivity index is 1.12. The minimum absolute atomic E-state index is 0.136. The standard InChI is InChI=1S/C22H20ClN3O5S/c1-32(28,29)22(8-9-22)16-7-6-15(30-16)18(27)25-21-10-20(11-21,12-21)19-24-17(26-31-19)13-2-4-14(23)5-3-13/h2-7H,8-12H2,1H3,(H,25,27). The van der Waals surface area contributed by atoms with Gasteiger partial charge < -0.3 is 14.3 Å². The number of nitrogens with one attached hydrogen (secondary N) is 1. The van der Waals surface area contributed by atoms with Crippen LogP contribution in [-0.2, 0) is 20.0 Å². The molecule has 1 amide bonds. The highest BCUT2D eigenvalue weighted by molar-refractivity contribution is 7.91. The summed E-state index contributed by atoms with van der Waals surface area (Å²) in [5.41, 5.74) is 0.316. The molecule has 2 heterocycles. The summed E-state index contributed by atoms with van der Waals surface area (Å²) >= 11 is 5.93. The monoisotopic (exact) mass is 473 g/mol. The van der Waals surface area contributed by atoms with Gasteiger partial charge in [-0.15, -0.1) is 0 Å². The fourth-order valence-electron chi connectivity index (χ4n) is 5.22. The third-order valence-electron chi connectivity index (χ3n) is 7.08. The number of sulfone groups is 1. The number of rotatable bonds is 6. The smallest absolute Gasteiger partial charge is 0.287 e. The number of furan rings is 1. The Kier molecular flexibility index (Phi) is 3.89. The topological polar surface area (TPSA) is 115 Å². The summed E-state index contributed by atoms with van der Waals surface area (Å²) in [7, 11) is -3.29. The van der Waals surface area contributed by atoms with Crippen LogP contribution in [0.3, 0.4) is 0 Å². The predicted octanol–water partition coefficient (Wildman–Crippen LogP) is 3.62. The predicted molar refractivity (Wildman–Crippen MR) is 115 cm³/mol. The molecule has 0 saturated heterocycles. The van der Waals surface area contributed by atoms with Gasteiger partial charge in [-0.2, -0.15) is 4.98 Å². The van der Waals surface area contributed by atoms with Crippen molar-refractivity contribution in [1.29, 1.82) is 0 Å². The van der Waals surface area contributed by atoms with Gasteiger partial charge in [-0.25, -0.2) is 8.42 Å². The maximum Gasteiger partial charge on any atom is 0.287 e. The third kappa shape index (κ3) is 2.80. The molecule has 2 aromatic heterocycles. The largest absolute Gasteiger partial charge is 0.454 e. The first kappa shape index (κ1) is 20.0. The fraction of sp³-hybridized carbons (Fsp3) is 0.409. The quantitative estimate of drug-likeness (QED) is 0.581. The molecule has 0 atom stereocenters. The normalized spacial score (nSPS) is 27.3. The molecule has 4 fully saturated rings. The van der Waals surface area contributed by atoms with Crippen LogP contribution in [0.4, 0.5) is 0 Å². The maximum absolute atomic E-state index is 12.7. The molecule has 2 bridgehead atoms. The SMILES string of the molecule is CS(=O)(=O)C1(c2ccc(C(=O)NC34CC(c5nc(-c6ccc(Cl)cc6)no5)(C3)C4)o2)CC1. The summed E-state index contributed by atoms with van der Waals surface area (Å²) in [5, 5.41) is 7.78. The lowest BCUT2D eigenvalue weighted by Crippen LogP contribution is -2.76. The van der Waals surface area contributed by atoms with Crippen LogP contribution in [0.15, 0.2) is 45.3 Å². The van der Waals surface area contributed by atoms with E-state index in [0.29, 0.717) is 35.3 Å². The summed E-state index contributed by atoms with van der Waals surface area (Å²) in [6.45, 7) is 0. The minimum atomic E-state index is -3.29. The molecule has 4 aliphatic rings. The number of amides is 1. The fourth-order valence-corrected chi connectivity index (χ4v) is 6.67. The van der Waals surface area contributed by atoms with Crippen molar-refractivity contribution in [2.75, 3.05) is 6.26 Å². The van der Waals surface area contributed by atoms with Crippen LogP contribution in [0.1, 0.15) is 54.3 Å². The van der Waals surface area contributed by atoms with Crippen molar-refractivity contribution in [3.63, 3.8) is 0 Å². The Morgan fingerprint density at radius 3 is 2.41 bits per heavy atom. The van der Waals surface area contributed by atoms with Crippen LogP contribution in [0.5, 0.6) is 0 Å². The van der Waals surface area contributed by atoms with E-state index in [-0.39, 0.29) is 22.6 Å². The second-order valence-electron chi connectivity index (χ2n) is 9.41. The molecular weight excluding hydrogens is 454 g/mol. The van der Waals surface area contributed by atoms with Gasteiger partial charge in [0.15, 0.2) is 15.6 Å². The highest BCUT2D eigenvalue weighted by Gasteiger charge is 2.72. The number of benzene rings is 1. The molecule has 4 saturated carbocycles. The summed E-state index contributed by atoms with van der Waals surface area (Å²) in [4.78, 5) is 17.3. The van der Waals surface area contributed by atoms with Gasteiger partial charge >= 0.3 is 0 Å². The van der Waals surface area contributed by atoms with Gasteiger partial charge in [0.25, 0.3) is 5.91 Å². The van der Waals surface area contributed by atoms with E-state index in [0.717, 1.165) is 24.8 Å². The first-order chi connectivity index (χ1) is 15.1. The molecule has 0 spiro atoms. The average Bonchev–Trinajstić information content (AvgIpc) is 3.14. The van der Waals surface area contributed by atoms with Crippen molar-refractivity contribution in [3.8, 4) is 11.4 Å². The first-order valence-electron chi connectivity index (χ1n) is 10.4. The van der Waals surface area contributed by atoms with E-state index in [1.807, 2.05) is 12.1 Å². The highest BCUT2D eigenvalue weighted by Crippen LogP contribution is 2.67. The number of halogens is 1. The molecule has 8 nitrogen and oxygen atoms in total. The van der Waals surface area contributed by atoms with E-state index >= 15 is 0 Å². The molecule has 4 aliphatic carbocycles. The highest BCUT2D eigenvalue weighted by atomic mass is 35.5. The molecular formula is C22H20ClN3O5S. The molecule has 0 aliphatic heterocycles. The number of carbonyl (C=O) groups excluding carboxylic acids is 1. The summed E-state index contributed by atoms with van der Waals surface area (Å²) in [6.07, 6.45) is 4.40. The van der Waals surface area contributed by atoms with Crippen molar-refractivity contribution in [1.82, 2.24) is 15.5 Å². The van der Waals surface area contributed by atoms with Crippen LogP contribution in [-0.4, -0.2) is 36.3 Å². The van der Waals surface area contributed by atoms with Gasteiger partial charge in [0, 0.05) is 22.4 Å². The third-order valence-corrected chi connectivity index (χ3v) is 9.36. The Morgan fingerprint density at radius 2 is 1.78 bits per heavy atom. The van der Waals surface area contributed by atoms with Gasteiger partial charge in [-0.1, -0.05) is 16.8 Å². The zero-order valence-corrected chi connectivity index (χ0v) is 18.8. The first-order valence-corrected chi connectivity index (χ1v) is 12.6. The van der Waals surface area contributed by atoms with Crippen molar-refractivity contribution in [3.05, 3.63) is 58.8 Å². The van der Waals surface area contributed by atoms with E-state index in [4.69, 9.17) is 20.5 Å². The van der Waals surface area contributed by atoms with Crippen LogP contribution in [0.2, 0.25) is 5.02 Å². The molecule has 0 radical (unpaired) electrons. The lowest BCUT2D eigenvalue weighted by molar-refractivity contribution is -0.0988. The Morgan fingerprint density at radius 1 is 1.09 bits per heavy atom. The van der Waals surface area contributed by atoms with Gasteiger partial charge in [0.1, 0.15) is 10.5 Å². The van der Waals surface area contributed by atoms with Crippen molar-refractivity contribution < 1.29 is 22.2 Å². The summed E-state index contributed by atoms with van der Waals surface area (Å²) in [5.74, 6) is 1.25. The summed E-state index contributed by atoms with van der Waals surface area (Å²) in [6, 6.07) is 10.4. The van der Waals surface area contributed by atoms with Crippen LogP contribution >= 0.6 is 11.6 Å².